The molecule has 0 fully saturated rings. The van der Waals surface area contributed by atoms with Crippen molar-refractivity contribution in [3.8, 4) is 5.75 Å². The van der Waals surface area contributed by atoms with Crippen LogP contribution in [0, 0.1) is 0 Å². The van der Waals surface area contributed by atoms with Crippen LogP contribution in [-0.4, -0.2) is 11.8 Å². The number of rotatable bonds is 3. The first kappa shape index (κ1) is 10.5. The number of alkyl halides is 1. The van der Waals surface area contributed by atoms with E-state index in [9.17, 15) is 9.50 Å². The van der Waals surface area contributed by atoms with Crippen LogP contribution in [-0.2, 0) is 0 Å². The zero-order chi connectivity index (χ0) is 9.84. The largest absolute Gasteiger partial charge is 0.508 e. The Labute approximate surface area is 84.7 Å². The topological polar surface area (TPSA) is 46.2 Å². The molecule has 0 bridgehead atoms. The zero-order valence-electron chi connectivity index (χ0n) is 7.00. The second-order valence-corrected chi connectivity index (χ2v) is 3.70. The highest BCUT2D eigenvalue weighted by atomic mass is 79.9. The molecule has 0 saturated carbocycles. The third-order valence-electron chi connectivity index (χ3n) is 1.81. The smallest absolute Gasteiger partial charge is 0.121 e. The molecule has 0 unspecified atom stereocenters. The third-order valence-corrected chi connectivity index (χ3v) is 2.31. The maximum atomic E-state index is 12.0. The van der Waals surface area contributed by atoms with Crippen LogP contribution in [0.1, 0.15) is 18.0 Å². The van der Waals surface area contributed by atoms with Crippen LogP contribution >= 0.6 is 15.9 Å². The van der Waals surface area contributed by atoms with Crippen molar-refractivity contribution in [1.29, 1.82) is 0 Å². The fraction of sp³-hybridized carbons (Fsp3) is 0.333. The average molecular weight is 248 g/mol. The lowest BCUT2D eigenvalue weighted by Crippen LogP contribution is -2.10. The van der Waals surface area contributed by atoms with Gasteiger partial charge >= 0.3 is 0 Å². The van der Waals surface area contributed by atoms with Gasteiger partial charge in [0.1, 0.15) is 5.75 Å². The Hall–Kier alpha value is -0.610. The van der Waals surface area contributed by atoms with E-state index in [-0.39, 0.29) is 12.2 Å². The van der Waals surface area contributed by atoms with Gasteiger partial charge in [0.05, 0.1) is 6.67 Å². The number of halogens is 2. The maximum absolute atomic E-state index is 12.0. The molecular formula is C9H11BrFNO. The van der Waals surface area contributed by atoms with Crippen LogP contribution in [0.2, 0.25) is 0 Å². The summed E-state index contributed by atoms with van der Waals surface area (Å²) in [7, 11) is 0. The Morgan fingerprint density at radius 3 is 2.77 bits per heavy atom. The third kappa shape index (κ3) is 2.67. The average Bonchev–Trinajstić information content (AvgIpc) is 2.04. The minimum absolute atomic E-state index is 0.107. The highest BCUT2D eigenvalue weighted by Crippen LogP contribution is 2.27. The zero-order valence-corrected chi connectivity index (χ0v) is 8.59. The minimum Gasteiger partial charge on any atom is -0.508 e. The van der Waals surface area contributed by atoms with Crippen molar-refractivity contribution in [2.45, 2.75) is 12.5 Å². The van der Waals surface area contributed by atoms with E-state index < -0.39 is 12.7 Å². The second kappa shape index (κ2) is 4.58. The van der Waals surface area contributed by atoms with Crippen molar-refractivity contribution in [1.82, 2.24) is 0 Å². The number of benzene rings is 1. The van der Waals surface area contributed by atoms with Gasteiger partial charge in [0, 0.05) is 16.1 Å². The summed E-state index contributed by atoms with van der Waals surface area (Å²) in [6, 6.07) is 4.58. The van der Waals surface area contributed by atoms with Crippen molar-refractivity contribution in [3.63, 3.8) is 0 Å². The molecule has 72 valence electrons. The monoisotopic (exact) mass is 247 g/mol. The lowest BCUT2D eigenvalue weighted by molar-refractivity contribution is 0.424. The van der Waals surface area contributed by atoms with Gasteiger partial charge < -0.3 is 10.8 Å². The molecule has 0 amide bonds. The van der Waals surface area contributed by atoms with Crippen LogP contribution in [0.5, 0.6) is 5.75 Å². The molecule has 0 aliphatic carbocycles. The number of nitrogens with two attached hydrogens (primary N) is 1. The molecule has 0 saturated heterocycles. The molecule has 0 aromatic heterocycles. The summed E-state index contributed by atoms with van der Waals surface area (Å²) >= 11 is 3.21. The lowest BCUT2D eigenvalue weighted by Gasteiger charge is -2.11. The molecule has 1 atom stereocenters. The van der Waals surface area contributed by atoms with Crippen molar-refractivity contribution in [3.05, 3.63) is 28.2 Å². The van der Waals surface area contributed by atoms with Gasteiger partial charge in [0.2, 0.25) is 0 Å². The standard InChI is InChI=1S/C9H11BrFNO/c10-6-1-2-7(9(13)5-6)8(12)3-4-11/h1-2,5,8,13H,3-4,12H2/t8-/m0/s1. The summed E-state index contributed by atoms with van der Waals surface area (Å²) in [6.07, 6.45) is 0.231. The molecule has 0 aliphatic rings. The Morgan fingerprint density at radius 2 is 2.23 bits per heavy atom. The van der Waals surface area contributed by atoms with E-state index in [2.05, 4.69) is 15.9 Å². The number of hydrogen-bond acceptors (Lipinski definition) is 2. The first-order chi connectivity index (χ1) is 6.15. The van der Waals surface area contributed by atoms with Crippen LogP contribution in [0.4, 0.5) is 4.39 Å². The summed E-state index contributed by atoms with van der Waals surface area (Å²) in [4.78, 5) is 0. The van der Waals surface area contributed by atoms with Crippen LogP contribution in [0.3, 0.4) is 0 Å². The van der Waals surface area contributed by atoms with Crippen molar-refractivity contribution < 1.29 is 9.50 Å². The maximum Gasteiger partial charge on any atom is 0.121 e. The van der Waals surface area contributed by atoms with Gasteiger partial charge in [-0.2, -0.15) is 0 Å². The Morgan fingerprint density at radius 1 is 1.54 bits per heavy atom. The van der Waals surface area contributed by atoms with Gasteiger partial charge in [-0.3, -0.25) is 4.39 Å². The quantitative estimate of drug-likeness (QED) is 0.863. The summed E-state index contributed by atoms with van der Waals surface area (Å²) < 4.78 is 12.7. The number of hydrogen-bond donors (Lipinski definition) is 2. The summed E-state index contributed by atoms with van der Waals surface area (Å²) in [5.41, 5.74) is 6.23. The van der Waals surface area contributed by atoms with E-state index in [0.717, 1.165) is 4.47 Å². The normalized spacial score (nSPS) is 12.8. The van der Waals surface area contributed by atoms with Crippen molar-refractivity contribution in [2.75, 3.05) is 6.67 Å². The molecule has 2 nitrogen and oxygen atoms in total. The Bertz CT molecular complexity index is 293. The number of aromatic hydroxyl groups is 1. The van der Waals surface area contributed by atoms with E-state index in [1.165, 1.54) is 0 Å². The molecule has 1 rings (SSSR count). The predicted molar refractivity (Wildman–Crippen MR) is 53.3 cm³/mol. The van der Waals surface area contributed by atoms with E-state index in [4.69, 9.17) is 5.73 Å². The van der Waals surface area contributed by atoms with Gasteiger partial charge in [0.15, 0.2) is 0 Å². The number of phenolic OH excluding ortho intramolecular Hbond substituents is 1. The Balaban J connectivity index is 2.88. The fourth-order valence-corrected chi connectivity index (χ4v) is 1.45. The highest BCUT2D eigenvalue weighted by molar-refractivity contribution is 9.10. The van der Waals surface area contributed by atoms with Gasteiger partial charge in [0.25, 0.3) is 0 Å². The van der Waals surface area contributed by atoms with E-state index in [0.29, 0.717) is 5.56 Å². The molecule has 0 aliphatic heterocycles. The molecule has 0 heterocycles. The summed E-state index contributed by atoms with van der Waals surface area (Å²) in [6.45, 7) is -0.476. The van der Waals surface area contributed by atoms with Crippen molar-refractivity contribution in [2.24, 2.45) is 5.73 Å². The minimum atomic E-state index is -0.476. The number of phenols is 1. The lowest BCUT2D eigenvalue weighted by atomic mass is 10.0. The van der Waals surface area contributed by atoms with Crippen LogP contribution in [0.15, 0.2) is 22.7 Å². The fourth-order valence-electron chi connectivity index (χ4n) is 1.10. The first-order valence-corrected chi connectivity index (χ1v) is 4.74. The molecule has 1 aromatic carbocycles. The van der Waals surface area contributed by atoms with E-state index in [1.54, 1.807) is 18.2 Å². The molecule has 3 N–H and O–H groups in total. The molecule has 0 radical (unpaired) electrons. The molecule has 1 aromatic rings. The van der Waals surface area contributed by atoms with Crippen LogP contribution < -0.4 is 5.73 Å². The summed E-state index contributed by atoms with van der Waals surface area (Å²) in [5.74, 6) is 0.107. The second-order valence-electron chi connectivity index (χ2n) is 2.79. The van der Waals surface area contributed by atoms with Gasteiger partial charge in [-0.25, -0.2) is 0 Å². The van der Waals surface area contributed by atoms with Crippen molar-refractivity contribution >= 4 is 15.9 Å². The SMILES string of the molecule is N[C@@H](CCF)c1ccc(Br)cc1O. The summed E-state index contributed by atoms with van der Waals surface area (Å²) in [5, 5.41) is 9.46. The predicted octanol–water partition coefficient (Wildman–Crippen LogP) is 2.51. The van der Waals surface area contributed by atoms with E-state index >= 15 is 0 Å². The first-order valence-electron chi connectivity index (χ1n) is 3.95. The van der Waals surface area contributed by atoms with Gasteiger partial charge in [-0.15, -0.1) is 0 Å². The van der Waals surface area contributed by atoms with Gasteiger partial charge in [-0.05, 0) is 18.6 Å². The molecule has 0 spiro atoms. The molecular weight excluding hydrogens is 237 g/mol. The Kier molecular flexibility index (Phi) is 3.69. The van der Waals surface area contributed by atoms with Gasteiger partial charge in [-0.1, -0.05) is 22.0 Å². The molecule has 13 heavy (non-hydrogen) atoms. The highest BCUT2D eigenvalue weighted by Gasteiger charge is 2.10. The van der Waals surface area contributed by atoms with E-state index in [1.807, 2.05) is 0 Å². The van der Waals surface area contributed by atoms with Crippen LogP contribution in [0.25, 0.3) is 0 Å². The molecule has 4 heteroatoms.